The number of hydrogen-bond acceptors (Lipinski definition) is 3. The van der Waals surface area contributed by atoms with E-state index in [4.69, 9.17) is 9.31 Å². The van der Waals surface area contributed by atoms with Crippen LogP contribution in [0.5, 0.6) is 0 Å². The lowest BCUT2D eigenvalue weighted by Gasteiger charge is -2.32. The summed E-state index contributed by atoms with van der Waals surface area (Å²) in [6.45, 7) is 13.8. The van der Waals surface area contributed by atoms with Crippen LogP contribution < -0.4 is 0 Å². The number of hydrogen-bond donors (Lipinski definition) is 0. The molecule has 0 N–H and O–H groups in total. The van der Waals surface area contributed by atoms with Crippen molar-refractivity contribution in [1.29, 1.82) is 0 Å². The van der Waals surface area contributed by atoms with Crippen LogP contribution in [0.15, 0.2) is 17.2 Å². The van der Waals surface area contributed by atoms with Crippen LogP contribution in [0.4, 0.5) is 4.39 Å². The smallest absolute Gasteiger partial charge is 0.398 e. The van der Waals surface area contributed by atoms with Gasteiger partial charge < -0.3 is 9.31 Å². The third-order valence-electron chi connectivity index (χ3n) is 3.96. The van der Waals surface area contributed by atoms with E-state index in [2.05, 4.69) is 32.6 Å². The summed E-state index contributed by atoms with van der Waals surface area (Å²) in [5.41, 5.74) is -0.645. The summed E-state index contributed by atoms with van der Waals surface area (Å²) in [7, 11) is -0.953. The van der Waals surface area contributed by atoms with Crippen molar-refractivity contribution in [3.8, 4) is 11.8 Å². The van der Waals surface area contributed by atoms with Crippen molar-refractivity contribution in [2.45, 2.75) is 59.7 Å². The summed E-state index contributed by atoms with van der Waals surface area (Å²) in [5, 5.41) is 1.93. The Morgan fingerprint density at radius 1 is 1.22 bits per heavy atom. The number of halogens is 1. The Bertz CT molecular complexity index is 655. The SMILES string of the molecule is CC(C)(C)C#Cc1csc(C=C(F)B2OC(C)(C)C(C)(C)O2)c1. The van der Waals surface area contributed by atoms with E-state index in [0.717, 1.165) is 10.4 Å². The normalized spacial score (nSPS) is 20.3. The molecule has 0 unspecified atom stereocenters. The van der Waals surface area contributed by atoms with Gasteiger partial charge in [0.05, 0.1) is 11.2 Å². The van der Waals surface area contributed by atoms with Crippen molar-refractivity contribution < 1.29 is 13.7 Å². The number of rotatable bonds is 2. The Hall–Kier alpha value is -1.09. The molecule has 0 atom stereocenters. The van der Waals surface area contributed by atoms with Gasteiger partial charge in [-0.2, -0.15) is 0 Å². The zero-order valence-electron chi connectivity index (χ0n) is 14.9. The summed E-state index contributed by atoms with van der Waals surface area (Å²) in [4.78, 5) is 0.801. The van der Waals surface area contributed by atoms with Crippen molar-refractivity contribution in [3.05, 3.63) is 27.6 Å². The van der Waals surface area contributed by atoms with Crippen LogP contribution in [-0.4, -0.2) is 18.3 Å². The van der Waals surface area contributed by atoms with E-state index < -0.39 is 24.0 Å². The van der Waals surface area contributed by atoms with Gasteiger partial charge in [0.2, 0.25) is 0 Å². The quantitative estimate of drug-likeness (QED) is 0.554. The molecule has 2 nitrogen and oxygen atoms in total. The molecule has 0 amide bonds. The summed E-state index contributed by atoms with van der Waals surface area (Å²) in [6, 6.07) is 1.88. The predicted octanol–water partition coefficient (Wildman–Crippen LogP) is 5.09. The molecule has 23 heavy (non-hydrogen) atoms. The molecular weight excluding hydrogens is 310 g/mol. The first-order chi connectivity index (χ1) is 10.4. The standard InChI is InChI=1S/C18H24BFO2S/c1-16(2,3)9-8-13-10-14(23-12-13)11-15(20)19-21-17(4,5)18(6,7)22-19/h10-12H,1-7H3. The lowest BCUT2D eigenvalue weighted by atomic mass is 9.87. The average molecular weight is 334 g/mol. The van der Waals surface area contributed by atoms with Crippen LogP contribution in [0.2, 0.25) is 0 Å². The maximum atomic E-state index is 14.4. The minimum atomic E-state index is -0.953. The molecule has 1 aliphatic rings. The van der Waals surface area contributed by atoms with Gasteiger partial charge in [-0.15, -0.1) is 11.3 Å². The van der Waals surface area contributed by atoms with Crippen LogP contribution >= 0.6 is 11.3 Å². The molecule has 1 aromatic rings. The largest absolute Gasteiger partial charge is 0.525 e. The van der Waals surface area contributed by atoms with E-state index in [1.165, 1.54) is 17.4 Å². The summed E-state index contributed by atoms with van der Waals surface area (Å²) in [6.07, 6.45) is 1.47. The second kappa shape index (κ2) is 6.09. The molecule has 2 rings (SSSR count). The highest BCUT2D eigenvalue weighted by atomic mass is 32.1. The highest BCUT2D eigenvalue weighted by Gasteiger charge is 2.53. The highest BCUT2D eigenvalue weighted by molar-refractivity contribution is 7.11. The fourth-order valence-electron chi connectivity index (χ4n) is 1.91. The lowest BCUT2D eigenvalue weighted by molar-refractivity contribution is 0.00578. The van der Waals surface area contributed by atoms with Gasteiger partial charge in [-0.1, -0.05) is 11.8 Å². The van der Waals surface area contributed by atoms with Crippen molar-refractivity contribution in [1.82, 2.24) is 0 Å². The van der Waals surface area contributed by atoms with Crippen LogP contribution in [0.25, 0.3) is 6.08 Å². The Kier molecular flexibility index (Phi) is 4.83. The van der Waals surface area contributed by atoms with E-state index >= 15 is 0 Å². The molecule has 124 valence electrons. The molecular formula is C18H24BFO2S. The van der Waals surface area contributed by atoms with Crippen LogP contribution in [0.3, 0.4) is 0 Å². The van der Waals surface area contributed by atoms with E-state index in [1.807, 2.05) is 39.1 Å². The zero-order valence-corrected chi connectivity index (χ0v) is 15.7. The molecule has 0 radical (unpaired) electrons. The Morgan fingerprint density at radius 3 is 2.30 bits per heavy atom. The Labute approximate surface area is 143 Å². The molecule has 1 saturated heterocycles. The molecule has 0 aromatic carbocycles. The first-order valence-corrected chi connectivity index (χ1v) is 8.62. The molecule has 0 aliphatic carbocycles. The van der Waals surface area contributed by atoms with Gasteiger partial charge in [0.25, 0.3) is 0 Å². The van der Waals surface area contributed by atoms with Gasteiger partial charge in [-0.25, -0.2) is 4.39 Å². The van der Waals surface area contributed by atoms with Gasteiger partial charge in [0.15, 0.2) is 0 Å². The molecule has 0 bridgehead atoms. The van der Waals surface area contributed by atoms with Crippen LogP contribution in [0, 0.1) is 17.3 Å². The Morgan fingerprint density at radius 2 is 1.78 bits per heavy atom. The van der Waals surface area contributed by atoms with E-state index in [9.17, 15) is 4.39 Å². The second-order valence-corrected chi connectivity index (χ2v) is 8.80. The minimum Gasteiger partial charge on any atom is -0.398 e. The van der Waals surface area contributed by atoms with Gasteiger partial charge in [0, 0.05) is 21.2 Å². The molecule has 2 heterocycles. The van der Waals surface area contributed by atoms with E-state index in [-0.39, 0.29) is 5.41 Å². The first kappa shape index (κ1) is 18.3. The van der Waals surface area contributed by atoms with Crippen molar-refractivity contribution in [2.24, 2.45) is 5.41 Å². The third kappa shape index (κ3) is 4.47. The second-order valence-electron chi connectivity index (χ2n) is 7.86. The van der Waals surface area contributed by atoms with Gasteiger partial charge in [-0.05, 0) is 60.6 Å². The maximum Gasteiger partial charge on any atom is 0.525 e. The fraction of sp³-hybridized carbons (Fsp3) is 0.556. The van der Waals surface area contributed by atoms with E-state index in [0.29, 0.717) is 0 Å². The molecule has 1 fully saturated rings. The van der Waals surface area contributed by atoms with Crippen LogP contribution in [0.1, 0.15) is 58.9 Å². The molecule has 1 aliphatic heterocycles. The van der Waals surface area contributed by atoms with Gasteiger partial charge in [0.1, 0.15) is 5.73 Å². The molecule has 0 spiro atoms. The van der Waals surface area contributed by atoms with Crippen molar-refractivity contribution in [2.75, 3.05) is 0 Å². The highest BCUT2D eigenvalue weighted by Crippen LogP contribution is 2.39. The summed E-state index contributed by atoms with van der Waals surface area (Å²) in [5.74, 6) is 6.29. The summed E-state index contributed by atoms with van der Waals surface area (Å²) >= 11 is 1.46. The maximum absolute atomic E-state index is 14.4. The predicted molar refractivity (Wildman–Crippen MR) is 95.8 cm³/mol. The zero-order chi connectivity index (χ0) is 17.5. The minimum absolute atomic E-state index is 0.0497. The summed E-state index contributed by atoms with van der Waals surface area (Å²) < 4.78 is 25.9. The fourth-order valence-corrected chi connectivity index (χ4v) is 2.68. The van der Waals surface area contributed by atoms with E-state index in [1.54, 1.807) is 0 Å². The lowest BCUT2D eigenvalue weighted by Crippen LogP contribution is -2.41. The first-order valence-electron chi connectivity index (χ1n) is 7.74. The monoisotopic (exact) mass is 334 g/mol. The van der Waals surface area contributed by atoms with Gasteiger partial charge >= 0.3 is 7.12 Å². The van der Waals surface area contributed by atoms with Gasteiger partial charge in [-0.3, -0.25) is 0 Å². The van der Waals surface area contributed by atoms with Crippen molar-refractivity contribution >= 4 is 24.5 Å². The van der Waals surface area contributed by atoms with Crippen LogP contribution in [-0.2, 0) is 9.31 Å². The number of thiophene rings is 1. The molecule has 0 saturated carbocycles. The Balaban J connectivity index is 2.14. The average Bonchev–Trinajstić information content (AvgIpc) is 2.89. The molecule has 5 heteroatoms. The third-order valence-corrected chi connectivity index (χ3v) is 4.84. The topological polar surface area (TPSA) is 18.5 Å². The molecule has 1 aromatic heterocycles. The van der Waals surface area contributed by atoms with Crippen molar-refractivity contribution in [3.63, 3.8) is 0 Å².